The summed E-state index contributed by atoms with van der Waals surface area (Å²) in [7, 11) is 1.62. The molecule has 1 aromatic rings. The number of rotatable bonds is 7. The van der Waals surface area contributed by atoms with Gasteiger partial charge in [-0.05, 0) is 49.1 Å². The van der Waals surface area contributed by atoms with E-state index in [1.54, 1.807) is 7.11 Å². The molecule has 1 aromatic carbocycles. The van der Waals surface area contributed by atoms with Crippen molar-refractivity contribution in [2.75, 3.05) is 25.5 Å². The molecule has 20 heavy (non-hydrogen) atoms. The third-order valence-electron chi connectivity index (χ3n) is 4.45. The quantitative estimate of drug-likeness (QED) is 0.803. The Balaban J connectivity index is 1.42. The normalized spacial score (nSPS) is 19.4. The zero-order chi connectivity index (χ0) is 14.0. The predicted molar refractivity (Wildman–Crippen MR) is 78.9 cm³/mol. The summed E-state index contributed by atoms with van der Waals surface area (Å²) in [6, 6.07) is 7.42. The standard InChI is InChI=1S/C16H22N2O2/c1-20-14-4-2-3-13(9-14)18-15(19)10-17-11-16(7-8-16)12-5-6-12/h2-4,9,12,17H,5-8,10-11H2,1H3,(H,18,19). The average molecular weight is 274 g/mol. The van der Waals surface area contributed by atoms with Crippen molar-refractivity contribution in [3.05, 3.63) is 24.3 Å². The largest absolute Gasteiger partial charge is 0.497 e. The number of carbonyl (C=O) groups is 1. The van der Waals surface area contributed by atoms with Crippen molar-refractivity contribution in [3.63, 3.8) is 0 Å². The Morgan fingerprint density at radius 3 is 2.85 bits per heavy atom. The number of carbonyl (C=O) groups excluding carboxylic acids is 1. The van der Waals surface area contributed by atoms with Crippen LogP contribution in [0, 0.1) is 11.3 Å². The van der Waals surface area contributed by atoms with Crippen LogP contribution in [0.4, 0.5) is 5.69 Å². The van der Waals surface area contributed by atoms with E-state index >= 15 is 0 Å². The van der Waals surface area contributed by atoms with E-state index in [4.69, 9.17) is 4.74 Å². The van der Waals surface area contributed by atoms with Gasteiger partial charge in [0.15, 0.2) is 0 Å². The van der Waals surface area contributed by atoms with Crippen LogP contribution in [-0.2, 0) is 4.79 Å². The number of hydrogen-bond acceptors (Lipinski definition) is 3. The summed E-state index contributed by atoms with van der Waals surface area (Å²) in [6.45, 7) is 1.37. The Bertz CT molecular complexity index is 493. The first-order chi connectivity index (χ1) is 9.72. The summed E-state index contributed by atoms with van der Waals surface area (Å²) in [6.07, 6.45) is 5.44. The highest BCUT2D eigenvalue weighted by Gasteiger charge is 2.53. The molecule has 2 aliphatic carbocycles. The Hall–Kier alpha value is -1.55. The molecule has 4 heteroatoms. The minimum atomic E-state index is 0.00449. The molecule has 0 aliphatic heterocycles. The van der Waals surface area contributed by atoms with Gasteiger partial charge in [0.25, 0.3) is 0 Å². The summed E-state index contributed by atoms with van der Waals surface area (Å²) in [5.41, 5.74) is 1.32. The van der Waals surface area contributed by atoms with Crippen molar-refractivity contribution in [2.45, 2.75) is 25.7 Å². The van der Waals surface area contributed by atoms with Gasteiger partial charge in [-0.15, -0.1) is 0 Å². The fourth-order valence-corrected chi connectivity index (χ4v) is 2.92. The van der Waals surface area contributed by atoms with Gasteiger partial charge in [0.05, 0.1) is 13.7 Å². The van der Waals surface area contributed by atoms with Crippen molar-refractivity contribution >= 4 is 11.6 Å². The maximum atomic E-state index is 11.9. The lowest BCUT2D eigenvalue weighted by Gasteiger charge is -2.14. The molecule has 0 atom stereocenters. The van der Waals surface area contributed by atoms with Crippen molar-refractivity contribution < 1.29 is 9.53 Å². The molecule has 0 aromatic heterocycles. The number of anilines is 1. The molecule has 2 N–H and O–H groups in total. The van der Waals surface area contributed by atoms with Gasteiger partial charge in [-0.2, -0.15) is 0 Å². The van der Waals surface area contributed by atoms with Gasteiger partial charge in [0.1, 0.15) is 5.75 Å². The van der Waals surface area contributed by atoms with E-state index in [9.17, 15) is 4.79 Å². The van der Waals surface area contributed by atoms with Crippen molar-refractivity contribution in [1.82, 2.24) is 5.32 Å². The second kappa shape index (κ2) is 5.44. The monoisotopic (exact) mass is 274 g/mol. The molecule has 1 amide bonds. The van der Waals surface area contributed by atoms with Crippen LogP contribution in [0.5, 0.6) is 5.75 Å². The number of hydrogen-bond donors (Lipinski definition) is 2. The van der Waals surface area contributed by atoms with Gasteiger partial charge in [-0.3, -0.25) is 4.79 Å². The van der Waals surface area contributed by atoms with Crippen LogP contribution >= 0.6 is 0 Å². The van der Waals surface area contributed by atoms with E-state index in [1.165, 1.54) is 25.7 Å². The maximum absolute atomic E-state index is 11.9. The highest BCUT2D eigenvalue weighted by Crippen LogP contribution is 2.60. The Morgan fingerprint density at radius 2 is 2.20 bits per heavy atom. The van der Waals surface area contributed by atoms with E-state index in [0.717, 1.165) is 23.9 Å². The zero-order valence-electron chi connectivity index (χ0n) is 11.9. The minimum Gasteiger partial charge on any atom is -0.497 e. The zero-order valence-corrected chi connectivity index (χ0v) is 11.9. The van der Waals surface area contributed by atoms with Crippen LogP contribution in [0.1, 0.15) is 25.7 Å². The first kappa shape index (κ1) is 13.4. The second-order valence-electron chi connectivity index (χ2n) is 6.02. The first-order valence-corrected chi connectivity index (χ1v) is 7.36. The smallest absolute Gasteiger partial charge is 0.238 e. The average Bonchev–Trinajstić information content (AvgIpc) is 3.31. The van der Waals surface area contributed by atoms with Crippen molar-refractivity contribution in [2.24, 2.45) is 11.3 Å². The molecular weight excluding hydrogens is 252 g/mol. The lowest BCUT2D eigenvalue weighted by Crippen LogP contribution is -2.33. The molecule has 0 heterocycles. The highest BCUT2D eigenvalue weighted by molar-refractivity contribution is 5.92. The molecular formula is C16H22N2O2. The number of ether oxygens (including phenoxy) is 1. The molecule has 2 aliphatic rings. The Kier molecular flexibility index (Phi) is 3.66. The molecule has 0 saturated heterocycles. The summed E-state index contributed by atoms with van der Waals surface area (Å²) < 4.78 is 5.14. The van der Waals surface area contributed by atoms with Crippen LogP contribution in [0.15, 0.2) is 24.3 Å². The fraction of sp³-hybridized carbons (Fsp3) is 0.562. The molecule has 2 saturated carbocycles. The van der Waals surface area contributed by atoms with Crippen LogP contribution in [0.3, 0.4) is 0 Å². The van der Waals surface area contributed by atoms with Gasteiger partial charge in [0, 0.05) is 18.3 Å². The topological polar surface area (TPSA) is 50.4 Å². The second-order valence-corrected chi connectivity index (χ2v) is 6.02. The van der Waals surface area contributed by atoms with E-state index in [0.29, 0.717) is 12.0 Å². The SMILES string of the molecule is COc1cccc(NC(=O)CNCC2(C3CC3)CC2)c1. The van der Waals surface area contributed by atoms with E-state index < -0.39 is 0 Å². The Labute approximate surface area is 119 Å². The van der Waals surface area contributed by atoms with Gasteiger partial charge in [0.2, 0.25) is 5.91 Å². The third kappa shape index (κ3) is 3.12. The van der Waals surface area contributed by atoms with Crippen LogP contribution in [-0.4, -0.2) is 26.1 Å². The van der Waals surface area contributed by atoms with Gasteiger partial charge in [-0.1, -0.05) is 6.07 Å². The molecule has 3 rings (SSSR count). The van der Waals surface area contributed by atoms with Crippen LogP contribution < -0.4 is 15.4 Å². The maximum Gasteiger partial charge on any atom is 0.238 e. The Morgan fingerprint density at radius 1 is 1.40 bits per heavy atom. The van der Waals surface area contributed by atoms with Crippen molar-refractivity contribution in [3.8, 4) is 5.75 Å². The van der Waals surface area contributed by atoms with E-state index in [2.05, 4.69) is 10.6 Å². The lowest BCUT2D eigenvalue weighted by atomic mass is 10.0. The number of methoxy groups -OCH3 is 1. The molecule has 0 unspecified atom stereocenters. The lowest BCUT2D eigenvalue weighted by molar-refractivity contribution is -0.115. The predicted octanol–water partition coefficient (Wildman–Crippen LogP) is 2.41. The number of nitrogens with one attached hydrogen (secondary N) is 2. The van der Waals surface area contributed by atoms with Crippen LogP contribution in [0.2, 0.25) is 0 Å². The highest BCUT2D eigenvalue weighted by atomic mass is 16.5. The molecule has 0 bridgehead atoms. The van der Waals surface area contributed by atoms with Gasteiger partial charge >= 0.3 is 0 Å². The van der Waals surface area contributed by atoms with Crippen molar-refractivity contribution in [1.29, 1.82) is 0 Å². The van der Waals surface area contributed by atoms with E-state index in [-0.39, 0.29) is 5.91 Å². The van der Waals surface area contributed by atoms with Gasteiger partial charge < -0.3 is 15.4 Å². The number of amides is 1. The molecule has 0 spiro atoms. The third-order valence-corrected chi connectivity index (χ3v) is 4.45. The summed E-state index contributed by atoms with van der Waals surface area (Å²) >= 11 is 0. The molecule has 2 fully saturated rings. The van der Waals surface area contributed by atoms with Gasteiger partial charge in [-0.25, -0.2) is 0 Å². The first-order valence-electron chi connectivity index (χ1n) is 7.36. The van der Waals surface area contributed by atoms with Crippen LogP contribution in [0.25, 0.3) is 0 Å². The fourth-order valence-electron chi connectivity index (χ4n) is 2.92. The minimum absolute atomic E-state index is 0.00449. The van der Waals surface area contributed by atoms with E-state index in [1.807, 2.05) is 24.3 Å². The number of benzene rings is 1. The molecule has 4 nitrogen and oxygen atoms in total. The molecule has 0 radical (unpaired) electrons. The summed E-state index contributed by atoms with van der Waals surface area (Å²) in [4.78, 5) is 11.9. The summed E-state index contributed by atoms with van der Waals surface area (Å²) in [5.74, 6) is 1.68. The summed E-state index contributed by atoms with van der Waals surface area (Å²) in [5, 5.41) is 6.20. The molecule has 108 valence electrons.